The normalized spacial score (nSPS) is 23.9. The molecule has 2 unspecified atom stereocenters. The first-order chi connectivity index (χ1) is 8.61. The Bertz CT molecular complexity index is 398. The van der Waals surface area contributed by atoms with Crippen LogP contribution in [0.25, 0.3) is 0 Å². The molecule has 0 spiro atoms. The maximum atomic E-state index is 9.87. The van der Waals surface area contributed by atoms with Crippen molar-refractivity contribution in [2.75, 3.05) is 32.1 Å². The lowest BCUT2D eigenvalue weighted by molar-refractivity contribution is 0.191. The number of aromatic nitrogens is 1. The minimum Gasteiger partial charge on any atom is -0.392 e. The number of β-amino-alcohol motifs (C(OH)–C–C–N with tert-alkyl or cyclic N) is 1. The van der Waals surface area contributed by atoms with Crippen LogP contribution in [0.1, 0.15) is 12.0 Å². The summed E-state index contributed by atoms with van der Waals surface area (Å²) in [6.07, 6.45) is 3.89. The highest BCUT2D eigenvalue weighted by Gasteiger charge is 2.32. The van der Waals surface area contributed by atoms with E-state index in [2.05, 4.69) is 14.8 Å². The average Bonchev–Trinajstić information content (AvgIpc) is 2.69. The van der Waals surface area contributed by atoms with Crippen molar-refractivity contribution >= 4 is 5.69 Å². The molecule has 5 nitrogen and oxygen atoms in total. The van der Waals surface area contributed by atoms with Crippen LogP contribution in [0.3, 0.4) is 0 Å². The molecule has 1 aromatic rings. The second-order valence-electron chi connectivity index (χ2n) is 5.12. The lowest BCUT2D eigenvalue weighted by Gasteiger charge is -2.29. The summed E-state index contributed by atoms with van der Waals surface area (Å²) in [6, 6.07) is 2.19. The minimum absolute atomic E-state index is 0.0234. The van der Waals surface area contributed by atoms with Crippen LogP contribution >= 0.6 is 0 Å². The highest BCUT2D eigenvalue weighted by molar-refractivity contribution is 5.54. The van der Waals surface area contributed by atoms with Gasteiger partial charge in [-0.15, -0.1) is 0 Å². The largest absolute Gasteiger partial charge is 0.392 e. The van der Waals surface area contributed by atoms with Gasteiger partial charge in [-0.1, -0.05) is 0 Å². The molecular formula is C13H21N3O2. The van der Waals surface area contributed by atoms with E-state index < -0.39 is 0 Å². The summed E-state index contributed by atoms with van der Waals surface area (Å²) in [5, 5.41) is 19.2. The first-order valence-electron chi connectivity index (χ1n) is 6.25. The zero-order chi connectivity index (χ0) is 13.1. The Morgan fingerprint density at radius 2 is 2.28 bits per heavy atom. The Kier molecular flexibility index (Phi) is 4.16. The third-order valence-corrected chi connectivity index (χ3v) is 3.33. The Balaban J connectivity index is 2.24. The molecule has 1 aliphatic rings. The van der Waals surface area contributed by atoms with Crippen LogP contribution in [0.15, 0.2) is 18.5 Å². The van der Waals surface area contributed by atoms with Gasteiger partial charge in [-0.25, -0.2) is 0 Å². The number of anilines is 1. The third-order valence-electron chi connectivity index (χ3n) is 3.33. The van der Waals surface area contributed by atoms with Crippen molar-refractivity contribution in [3.63, 3.8) is 0 Å². The first-order valence-corrected chi connectivity index (χ1v) is 6.25. The quantitative estimate of drug-likeness (QED) is 0.793. The fourth-order valence-electron chi connectivity index (χ4n) is 2.60. The lowest BCUT2D eigenvalue weighted by atomic mass is 10.1. The fraction of sp³-hybridized carbons (Fsp3) is 0.615. The maximum Gasteiger partial charge on any atom is 0.0735 e. The second kappa shape index (κ2) is 5.65. The van der Waals surface area contributed by atoms with E-state index in [0.717, 1.165) is 24.2 Å². The molecule has 2 rings (SSSR count). The van der Waals surface area contributed by atoms with E-state index in [1.54, 1.807) is 12.4 Å². The summed E-state index contributed by atoms with van der Waals surface area (Å²) < 4.78 is 0. The van der Waals surface area contributed by atoms with Crippen LogP contribution in [0.4, 0.5) is 5.69 Å². The van der Waals surface area contributed by atoms with Crippen molar-refractivity contribution in [3.8, 4) is 0 Å². The Morgan fingerprint density at radius 1 is 1.50 bits per heavy atom. The molecule has 1 fully saturated rings. The van der Waals surface area contributed by atoms with Crippen LogP contribution in [0.2, 0.25) is 0 Å². The standard InChI is InChI=1S/C13H21N3O2/c1-15(2)7-11-5-12(18)8-16(11)13-3-4-14-6-10(13)9-17/h3-4,6,11-12,17-18H,5,7-9H2,1-2H3. The van der Waals surface area contributed by atoms with Gasteiger partial charge in [0, 0.05) is 42.8 Å². The SMILES string of the molecule is CN(C)CC1CC(O)CN1c1ccncc1CO. The molecule has 0 radical (unpaired) electrons. The zero-order valence-electron chi connectivity index (χ0n) is 11.0. The molecule has 0 saturated carbocycles. The van der Waals surface area contributed by atoms with Gasteiger partial charge >= 0.3 is 0 Å². The topological polar surface area (TPSA) is 59.8 Å². The first kappa shape index (κ1) is 13.3. The van der Waals surface area contributed by atoms with Gasteiger partial charge in [-0.05, 0) is 26.6 Å². The molecule has 1 saturated heterocycles. The van der Waals surface area contributed by atoms with Crippen molar-refractivity contribution in [2.24, 2.45) is 0 Å². The fourth-order valence-corrected chi connectivity index (χ4v) is 2.60. The van der Waals surface area contributed by atoms with Crippen molar-refractivity contribution < 1.29 is 10.2 Å². The highest BCUT2D eigenvalue weighted by Crippen LogP contribution is 2.28. The van der Waals surface area contributed by atoms with Gasteiger partial charge in [0.25, 0.3) is 0 Å². The van der Waals surface area contributed by atoms with Gasteiger partial charge in [0.1, 0.15) is 0 Å². The molecule has 0 aliphatic carbocycles. The second-order valence-corrected chi connectivity index (χ2v) is 5.12. The van der Waals surface area contributed by atoms with Gasteiger partial charge in [-0.2, -0.15) is 0 Å². The van der Waals surface area contributed by atoms with Crippen molar-refractivity contribution in [1.29, 1.82) is 0 Å². The van der Waals surface area contributed by atoms with Gasteiger partial charge in [0.15, 0.2) is 0 Å². The van der Waals surface area contributed by atoms with E-state index in [1.807, 2.05) is 20.2 Å². The number of rotatable bonds is 4. The molecule has 1 aliphatic heterocycles. The number of aliphatic hydroxyl groups is 2. The summed E-state index contributed by atoms with van der Waals surface area (Å²) in [4.78, 5) is 8.33. The van der Waals surface area contributed by atoms with Crippen molar-refractivity contribution in [2.45, 2.75) is 25.2 Å². The smallest absolute Gasteiger partial charge is 0.0735 e. The number of pyridine rings is 1. The van der Waals surface area contributed by atoms with E-state index in [4.69, 9.17) is 0 Å². The van der Waals surface area contributed by atoms with E-state index in [1.165, 1.54) is 0 Å². The molecule has 0 bridgehead atoms. The number of likely N-dealkylation sites (N-methyl/N-ethyl adjacent to an activating group) is 1. The molecule has 0 amide bonds. The Morgan fingerprint density at radius 3 is 2.94 bits per heavy atom. The predicted octanol–water partition coefficient (Wildman–Crippen LogP) is 0.0751. The van der Waals surface area contributed by atoms with Gasteiger partial charge in [0.2, 0.25) is 0 Å². The maximum absolute atomic E-state index is 9.87. The molecule has 5 heteroatoms. The molecule has 0 aromatic carbocycles. The molecule has 100 valence electrons. The highest BCUT2D eigenvalue weighted by atomic mass is 16.3. The molecule has 1 aromatic heterocycles. The lowest BCUT2D eigenvalue weighted by Crippen LogP contribution is -2.38. The van der Waals surface area contributed by atoms with Crippen LogP contribution in [-0.4, -0.2) is 59.4 Å². The molecular weight excluding hydrogens is 230 g/mol. The van der Waals surface area contributed by atoms with E-state index >= 15 is 0 Å². The minimum atomic E-state index is -0.297. The van der Waals surface area contributed by atoms with E-state index in [0.29, 0.717) is 6.54 Å². The Hall–Kier alpha value is -1.17. The number of nitrogens with zero attached hydrogens (tertiary/aromatic N) is 3. The predicted molar refractivity (Wildman–Crippen MR) is 70.5 cm³/mol. The van der Waals surface area contributed by atoms with E-state index in [-0.39, 0.29) is 18.8 Å². The van der Waals surface area contributed by atoms with Crippen molar-refractivity contribution in [1.82, 2.24) is 9.88 Å². The van der Waals surface area contributed by atoms with E-state index in [9.17, 15) is 10.2 Å². The molecule has 2 heterocycles. The average molecular weight is 251 g/mol. The molecule has 2 atom stereocenters. The van der Waals surface area contributed by atoms with Crippen molar-refractivity contribution in [3.05, 3.63) is 24.0 Å². The van der Waals surface area contributed by atoms with Crippen LogP contribution in [-0.2, 0) is 6.61 Å². The van der Waals surface area contributed by atoms with Crippen LogP contribution in [0, 0.1) is 0 Å². The summed E-state index contributed by atoms with van der Waals surface area (Å²) in [5.74, 6) is 0. The Labute approximate surface area is 108 Å². The van der Waals surface area contributed by atoms with Gasteiger partial charge < -0.3 is 20.0 Å². The number of hydrogen-bond donors (Lipinski definition) is 2. The third kappa shape index (κ3) is 2.80. The summed E-state index contributed by atoms with van der Waals surface area (Å²) in [6.45, 7) is 1.49. The molecule has 18 heavy (non-hydrogen) atoms. The summed E-state index contributed by atoms with van der Waals surface area (Å²) >= 11 is 0. The van der Waals surface area contributed by atoms with Crippen LogP contribution in [0.5, 0.6) is 0 Å². The van der Waals surface area contributed by atoms with Gasteiger partial charge in [0.05, 0.1) is 12.7 Å². The zero-order valence-corrected chi connectivity index (χ0v) is 11.0. The van der Waals surface area contributed by atoms with Crippen LogP contribution < -0.4 is 4.90 Å². The summed E-state index contributed by atoms with van der Waals surface area (Å²) in [7, 11) is 4.06. The van der Waals surface area contributed by atoms with Gasteiger partial charge in [-0.3, -0.25) is 4.98 Å². The monoisotopic (exact) mass is 251 g/mol. The number of hydrogen-bond acceptors (Lipinski definition) is 5. The number of aliphatic hydroxyl groups excluding tert-OH is 2. The summed E-state index contributed by atoms with van der Waals surface area (Å²) in [5.41, 5.74) is 1.80. The molecule has 2 N–H and O–H groups in total.